The highest BCUT2D eigenvalue weighted by molar-refractivity contribution is 8.72. The Labute approximate surface area is 173 Å². The fourth-order valence-corrected chi connectivity index (χ4v) is 7.14. The average molecular weight is 435 g/mol. The fraction of sp³-hybridized carbons (Fsp3) is 0.381. The lowest BCUT2D eigenvalue weighted by atomic mass is 9.95. The third-order valence-electron chi connectivity index (χ3n) is 5.40. The molecule has 0 aromatic heterocycles. The van der Waals surface area contributed by atoms with Crippen LogP contribution in [0.2, 0.25) is 0 Å². The minimum atomic E-state index is -3.50. The van der Waals surface area contributed by atoms with E-state index in [-0.39, 0.29) is 21.8 Å². The lowest BCUT2D eigenvalue weighted by molar-refractivity contribution is -0.127. The van der Waals surface area contributed by atoms with Gasteiger partial charge in [-0.3, -0.25) is 9.69 Å². The van der Waals surface area contributed by atoms with Crippen LogP contribution in [-0.2, 0) is 20.2 Å². The molecule has 0 bridgehead atoms. The zero-order valence-corrected chi connectivity index (χ0v) is 17.5. The highest BCUT2D eigenvalue weighted by Gasteiger charge is 2.44. The lowest BCUT2D eigenvalue weighted by Gasteiger charge is -2.43. The second-order valence-electron chi connectivity index (χ2n) is 7.58. The molecule has 0 radical (unpaired) electrons. The first-order valence-corrected chi connectivity index (χ1v) is 12.5. The molecule has 1 aliphatic heterocycles. The van der Waals surface area contributed by atoms with Crippen molar-refractivity contribution in [3.05, 3.63) is 65.5 Å². The highest BCUT2D eigenvalue weighted by Crippen LogP contribution is 2.42. The zero-order valence-electron chi connectivity index (χ0n) is 15.8. The van der Waals surface area contributed by atoms with E-state index in [4.69, 9.17) is 5.73 Å². The summed E-state index contributed by atoms with van der Waals surface area (Å²) in [7, 11) is -2.60. The molecule has 1 heterocycles. The molecule has 1 atom stereocenters. The molecule has 2 fully saturated rings. The van der Waals surface area contributed by atoms with Gasteiger partial charge in [0.25, 0.3) is 0 Å². The first kappa shape index (κ1) is 20.5. The van der Waals surface area contributed by atoms with Crippen LogP contribution in [0.4, 0.5) is 4.39 Å². The van der Waals surface area contributed by atoms with Gasteiger partial charge in [-0.1, -0.05) is 30.3 Å². The van der Waals surface area contributed by atoms with Crippen LogP contribution in [0, 0.1) is 11.7 Å². The predicted molar refractivity (Wildman–Crippen MR) is 111 cm³/mol. The summed E-state index contributed by atoms with van der Waals surface area (Å²) in [5, 5.41) is -0.157. The largest absolute Gasteiger partial charge is 0.326 e. The van der Waals surface area contributed by atoms with Gasteiger partial charge in [-0.05, 0) is 47.4 Å². The number of benzene rings is 2. The van der Waals surface area contributed by atoms with Gasteiger partial charge in [0, 0.05) is 36.4 Å². The summed E-state index contributed by atoms with van der Waals surface area (Å²) in [6, 6.07) is 12.3. The molecule has 1 aliphatic carbocycles. The van der Waals surface area contributed by atoms with Crippen molar-refractivity contribution < 1.29 is 17.6 Å². The van der Waals surface area contributed by atoms with Crippen LogP contribution in [0.3, 0.4) is 0 Å². The number of hydrogen-bond acceptors (Lipinski definition) is 6. The Morgan fingerprint density at radius 2 is 1.79 bits per heavy atom. The van der Waals surface area contributed by atoms with Gasteiger partial charge in [0.1, 0.15) is 5.82 Å². The summed E-state index contributed by atoms with van der Waals surface area (Å²) < 4.78 is 39.7. The van der Waals surface area contributed by atoms with Crippen LogP contribution in [0.15, 0.2) is 53.4 Å². The maximum absolute atomic E-state index is 14.4. The summed E-state index contributed by atoms with van der Waals surface area (Å²) in [6.07, 6.45) is 1.70. The van der Waals surface area contributed by atoms with Crippen LogP contribution >= 0.6 is 10.8 Å². The van der Waals surface area contributed by atoms with E-state index in [9.17, 15) is 17.6 Å². The second-order valence-corrected chi connectivity index (χ2v) is 11.7. The van der Waals surface area contributed by atoms with Crippen molar-refractivity contribution in [3.8, 4) is 0 Å². The molecule has 1 saturated heterocycles. The standard InChI is InChI=1S/C21H23FN2O3S2/c22-19-4-2-1-3-18(19)20(21(25)15-7-8-15)24-12-16(13-24)28-29(26,27)17-9-5-14(11-23)6-10-17/h1-6,9-10,15-16,20H,7-8,11-13,23H2. The van der Waals surface area contributed by atoms with E-state index in [1.807, 2.05) is 4.90 Å². The summed E-state index contributed by atoms with van der Waals surface area (Å²) in [5.74, 6) is -0.356. The van der Waals surface area contributed by atoms with Crippen molar-refractivity contribution in [1.82, 2.24) is 4.90 Å². The third-order valence-corrected chi connectivity index (χ3v) is 9.23. The van der Waals surface area contributed by atoms with Gasteiger partial charge in [-0.15, -0.1) is 0 Å². The second kappa shape index (κ2) is 8.18. The van der Waals surface area contributed by atoms with E-state index in [1.165, 1.54) is 6.07 Å². The maximum atomic E-state index is 14.4. The van der Waals surface area contributed by atoms with E-state index in [0.29, 0.717) is 25.2 Å². The number of ketones is 1. The quantitative estimate of drug-likeness (QED) is 0.643. The fourth-order valence-electron chi connectivity index (χ4n) is 3.59. The number of halogens is 1. The number of hydrogen-bond donors (Lipinski definition) is 1. The number of likely N-dealkylation sites (tertiary alicyclic amines) is 1. The van der Waals surface area contributed by atoms with Crippen LogP contribution in [-0.4, -0.2) is 37.4 Å². The topological polar surface area (TPSA) is 80.5 Å². The molecule has 2 aromatic rings. The lowest BCUT2D eigenvalue weighted by Crippen LogP contribution is -2.53. The SMILES string of the molecule is NCc1ccc(S(=O)(=O)SC2CN(C(C(=O)C3CC3)c3ccccc3F)C2)cc1. The summed E-state index contributed by atoms with van der Waals surface area (Å²) in [5.41, 5.74) is 6.81. The van der Waals surface area contributed by atoms with Crippen molar-refractivity contribution in [3.63, 3.8) is 0 Å². The van der Waals surface area contributed by atoms with E-state index >= 15 is 0 Å². The first-order chi connectivity index (χ1) is 13.9. The maximum Gasteiger partial charge on any atom is 0.230 e. The number of nitrogens with two attached hydrogens (primary N) is 1. The molecule has 2 aromatic carbocycles. The molecule has 5 nitrogen and oxygen atoms in total. The molecule has 1 unspecified atom stereocenters. The number of carbonyl (C=O) groups excluding carboxylic acids is 1. The molecule has 2 N–H and O–H groups in total. The Morgan fingerprint density at radius 1 is 1.14 bits per heavy atom. The average Bonchev–Trinajstić information content (AvgIpc) is 3.52. The molecule has 29 heavy (non-hydrogen) atoms. The predicted octanol–water partition coefficient (Wildman–Crippen LogP) is 3.11. The van der Waals surface area contributed by atoms with Crippen LogP contribution < -0.4 is 5.73 Å². The van der Waals surface area contributed by atoms with E-state index in [1.54, 1.807) is 42.5 Å². The number of Topliss-reactive ketones (excluding diaryl/α,β-unsaturated/α-hetero) is 1. The smallest absolute Gasteiger partial charge is 0.230 e. The number of rotatable bonds is 8. The summed E-state index contributed by atoms with van der Waals surface area (Å²) in [4.78, 5) is 15.0. The van der Waals surface area contributed by atoms with Crippen LogP contribution in [0.1, 0.15) is 30.0 Å². The van der Waals surface area contributed by atoms with Crippen LogP contribution in [0.25, 0.3) is 0 Å². The van der Waals surface area contributed by atoms with Crippen LogP contribution in [0.5, 0.6) is 0 Å². The van der Waals surface area contributed by atoms with Gasteiger partial charge in [0.2, 0.25) is 8.87 Å². The molecule has 8 heteroatoms. The van der Waals surface area contributed by atoms with Gasteiger partial charge in [-0.2, -0.15) is 0 Å². The van der Waals surface area contributed by atoms with Gasteiger partial charge < -0.3 is 5.73 Å². The number of nitrogens with zero attached hydrogens (tertiary/aromatic N) is 1. The van der Waals surface area contributed by atoms with Crippen molar-refractivity contribution in [2.75, 3.05) is 13.1 Å². The Bertz CT molecular complexity index is 1000. The molecule has 0 spiro atoms. The molecule has 0 amide bonds. The van der Waals surface area contributed by atoms with Gasteiger partial charge in [-0.25, -0.2) is 12.8 Å². The molecular weight excluding hydrogens is 411 g/mol. The Balaban J connectivity index is 1.45. The van der Waals surface area contributed by atoms with Gasteiger partial charge >= 0.3 is 0 Å². The Morgan fingerprint density at radius 3 is 2.38 bits per heavy atom. The Hall–Kier alpha value is -1.74. The molecule has 154 valence electrons. The van der Waals surface area contributed by atoms with Crippen molar-refractivity contribution in [2.24, 2.45) is 11.7 Å². The first-order valence-electron chi connectivity index (χ1n) is 9.63. The monoisotopic (exact) mass is 434 g/mol. The van der Waals surface area contributed by atoms with Crippen molar-refractivity contribution >= 4 is 25.4 Å². The highest BCUT2D eigenvalue weighted by atomic mass is 33.1. The minimum absolute atomic E-state index is 0.00361. The number of carbonyl (C=O) groups is 1. The van der Waals surface area contributed by atoms with E-state index in [2.05, 4.69) is 0 Å². The zero-order chi connectivity index (χ0) is 20.6. The normalized spacial score (nSPS) is 19.0. The minimum Gasteiger partial charge on any atom is -0.326 e. The van der Waals surface area contributed by atoms with E-state index in [0.717, 1.165) is 29.2 Å². The van der Waals surface area contributed by atoms with Crippen molar-refractivity contribution in [2.45, 2.75) is 35.6 Å². The molecule has 2 aliphatic rings. The van der Waals surface area contributed by atoms with Gasteiger partial charge in [0.05, 0.1) is 10.9 Å². The summed E-state index contributed by atoms with van der Waals surface area (Å²) >= 11 is 0. The van der Waals surface area contributed by atoms with Gasteiger partial charge in [0.15, 0.2) is 5.78 Å². The molecular formula is C21H23FN2O3S2. The molecule has 4 rings (SSSR count). The summed E-state index contributed by atoms with van der Waals surface area (Å²) in [6.45, 7) is 1.22. The third kappa shape index (κ3) is 4.40. The van der Waals surface area contributed by atoms with E-state index < -0.39 is 20.7 Å². The van der Waals surface area contributed by atoms with Crippen molar-refractivity contribution in [1.29, 1.82) is 0 Å². The molecule has 1 saturated carbocycles. The Kier molecular flexibility index (Phi) is 5.79.